The Morgan fingerprint density at radius 1 is 1.58 bits per heavy atom. The van der Waals surface area contributed by atoms with E-state index >= 15 is 0 Å². The molecule has 1 atom stereocenters. The number of hydrogen-bond donors (Lipinski definition) is 1. The molecule has 1 aromatic heterocycles. The van der Waals surface area contributed by atoms with Crippen LogP contribution in [0.3, 0.4) is 0 Å². The Kier molecular flexibility index (Phi) is 4.24. The molecule has 0 bridgehead atoms. The largest absolute Gasteiger partial charge is 0.469 e. The van der Waals surface area contributed by atoms with E-state index in [9.17, 15) is 4.79 Å². The summed E-state index contributed by atoms with van der Waals surface area (Å²) in [6, 6.07) is 1.73. The van der Waals surface area contributed by atoms with Crippen molar-refractivity contribution in [1.29, 1.82) is 0 Å². The molecule has 1 saturated heterocycles. The van der Waals surface area contributed by atoms with Crippen LogP contribution in [0, 0.1) is 5.92 Å². The number of piperidine rings is 1. The Morgan fingerprint density at radius 3 is 3.00 bits per heavy atom. The quantitative estimate of drug-likeness (QED) is 0.674. The third-order valence-electron chi connectivity index (χ3n) is 3.76. The average Bonchev–Trinajstić information content (AvgIpc) is 2.94. The first kappa shape index (κ1) is 13.6. The first-order valence-corrected chi connectivity index (χ1v) is 6.77. The highest BCUT2D eigenvalue weighted by molar-refractivity contribution is 5.97. The average molecular weight is 264 g/mol. The molecule has 104 valence electrons. The summed E-state index contributed by atoms with van der Waals surface area (Å²) in [5, 5.41) is 12.3. The van der Waals surface area contributed by atoms with Crippen LogP contribution in [0.5, 0.6) is 0 Å². The van der Waals surface area contributed by atoms with Crippen LogP contribution in [0.4, 0.5) is 0 Å². The Bertz CT molecular complexity index is 479. The smallest absolute Gasteiger partial charge is 0.257 e. The molecule has 1 aliphatic rings. The minimum absolute atomic E-state index is 0.0149. The first-order chi connectivity index (χ1) is 9.21. The maximum absolute atomic E-state index is 12.5. The van der Waals surface area contributed by atoms with Gasteiger partial charge >= 0.3 is 0 Å². The molecule has 0 spiro atoms. The zero-order valence-electron chi connectivity index (χ0n) is 11.4. The Balaban J connectivity index is 2.13. The molecule has 1 amide bonds. The number of carbonyl (C=O) groups is 1. The van der Waals surface area contributed by atoms with Crippen molar-refractivity contribution in [2.75, 3.05) is 13.1 Å². The lowest BCUT2D eigenvalue weighted by molar-refractivity contribution is 0.0726. The molecule has 0 radical (unpaired) electrons. The lowest BCUT2D eigenvalue weighted by Crippen LogP contribution is -2.44. The molecule has 1 fully saturated rings. The molecule has 5 heteroatoms. The van der Waals surface area contributed by atoms with Gasteiger partial charge in [-0.25, -0.2) is 0 Å². The van der Waals surface area contributed by atoms with Gasteiger partial charge in [-0.3, -0.25) is 4.79 Å². The van der Waals surface area contributed by atoms with E-state index in [2.05, 4.69) is 5.16 Å². The molecule has 1 aliphatic heterocycles. The third kappa shape index (κ3) is 2.64. The molecule has 2 rings (SSSR count). The monoisotopic (exact) mass is 264 g/mol. The van der Waals surface area contributed by atoms with E-state index in [-0.39, 0.29) is 11.8 Å². The summed E-state index contributed by atoms with van der Waals surface area (Å²) in [4.78, 5) is 14.3. The highest BCUT2D eigenvalue weighted by Gasteiger charge is 2.29. The van der Waals surface area contributed by atoms with E-state index in [0.717, 1.165) is 17.9 Å². The van der Waals surface area contributed by atoms with Crippen molar-refractivity contribution >= 4 is 11.6 Å². The van der Waals surface area contributed by atoms with Gasteiger partial charge in [0.2, 0.25) is 0 Å². The summed E-state index contributed by atoms with van der Waals surface area (Å²) >= 11 is 0. The van der Waals surface area contributed by atoms with Gasteiger partial charge in [0.25, 0.3) is 5.91 Å². The number of aryl methyl sites for hydroxylation is 1. The summed E-state index contributed by atoms with van der Waals surface area (Å²) in [5.41, 5.74) is 1.45. The van der Waals surface area contributed by atoms with Gasteiger partial charge in [-0.15, -0.1) is 0 Å². The zero-order valence-corrected chi connectivity index (χ0v) is 11.4. The van der Waals surface area contributed by atoms with Crippen LogP contribution in [0.2, 0.25) is 0 Å². The standard InChI is InChI=1S/C14H20N2O3/c1-3-10-9-16(7-5-12(10)15-18)14(17)11-6-8-19-13(11)4-2/h6,8,10,18H,3-5,7,9H2,1-2H3/b15-12+. The third-order valence-corrected chi connectivity index (χ3v) is 3.76. The van der Waals surface area contributed by atoms with Crippen LogP contribution >= 0.6 is 0 Å². The van der Waals surface area contributed by atoms with Gasteiger partial charge in [-0.1, -0.05) is 19.0 Å². The van der Waals surface area contributed by atoms with E-state index in [1.807, 2.05) is 18.7 Å². The van der Waals surface area contributed by atoms with Crippen LogP contribution in [-0.4, -0.2) is 34.8 Å². The summed E-state index contributed by atoms with van der Waals surface area (Å²) in [5.74, 6) is 0.903. The van der Waals surface area contributed by atoms with Gasteiger partial charge in [0.05, 0.1) is 17.5 Å². The van der Waals surface area contributed by atoms with Crippen LogP contribution in [0.25, 0.3) is 0 Å². The summed E-state index contributed by atoms with van der Waals surface area (Å²) in [6.45, 7) is 5.22. The number of hydrogen-bond acceptors (Lipinski definition) is 4. The summed E-state index contributed by atoms with van der Waals surface area (Å²) in [7, 11) is 0. The number of furan rings is 1. The number of rotatable bonds is 3. The van der Waals surface area contributed by atoms with Crippen LogP contribution in [0.1, 0.15) is 42.8 Å². The van der Waals surface area contributed by atoms with E-state index in [1.165, 1.54) is 0 Å². The second-order valence-electron chi connectivity index (χ2n) is 4.81. The first-order valence-electron chi connectivity index (χ1n) is 6.77. The normalized spacial score (nSPS) is 21.9. The van der Waals surface area contributed by atoms with Gasteiger partial charge < -0.3 is 14.5 Å². The highest BCUT2D eigenvalue weighted by Crippen LogP contribution is 2.21. The fourth-order valence-corrected chi connectivity index (χ4v) is 2.57. The molecular formula is C14H20N2O3. The summed E-state index contributed by atoms with van der Waals surface area (Å²) < 4.78 is 5.31. The Morgan fingerprint density at radius 2 is 2.37 bits per heavy atom. The molecule has 2 heterocycles. The minimum atomic E-state index is 0.0149. The topological polar surface area (TPSA) is 66.0 Å². The van der Waals surface area contributed by atoms with Crippen molar-refractivity contribution < 1.29 is 14.4 Å². The zero-order chi connectivity index (χ0) is 13.8. The molecule has 0 aliphatic carbocycles. The van der Waals surface area contributed by atoms with E-state index < -0.39 is 0 Å². The van der Waals surface area contributed by atoms with E-state index in [0.29, 0.717) is 31.5 Å². The fourth-order valence-electron chi connectivity index (χ4n) is 2.57. The van der Waals surface area contributed by atoms with Crippen LogP contribution < -0.4 is 0 Å². The van der Waals surface area contributed by atoms with Crippen molar-refractivity contribution in [3.8, 4) is 0 Å². The fraction of sp³-hybridized carbons (Fsp3) is 0.571. The Labute approximate surface area is 112 Å². The molecule has 0 saturated carbocycles. The predicted molar refractivity (Wildman–Crippen MR) is 71.6 cm³/mol. The lowest BCUT2D eigenvalue weighted by Gasteiger charge is -2.32. The van der Waals surface area contributed by atoms with Gasteiger partial charge in [-0.05, 0) is 12.5 Å². The molecule has 19 heavy (non-hydrogen) atoms. The molecule has 0 aromatic carbocycles. The maximum atomic E-state index is 12.5. The molecule has 5 nitrogen and oxygen atoms in total. The second kappa shape index (κ2) is 5.91. The number of oxime groups is 1. The summed E-state index contributed by atoms with van der Waals surface area (Å²) in [6.07, 6.45) is 3.78. The number of likely N-dealkylation sites (tertiary alicyclic amines) is 1. The minimum Gasteiger partial charge on any atom is -0.469 e. The van der Waals surface area contributed by atoms with Gasteiger partial charge in [0.15, 0.2) is 0 Å². The van der Waals surface area contributed by atoms with Gasteiger partial charge in [-0.2, -0.15) is 0 Å². The van der Waals surface area contributed by atoms with Crippen molar-refractivity contribution in [1.82, 2.24) is 4.90 Å². The predicted octanol–water partition coefficient (Wildman–Crippen LogP) is 2.54. The molecule has 1 N–H and O–H groups in total. The molecule has 1 aromatic rings. The SMILES string of the molecule is CCc1occc1C(=O)N1CC/C(=N\O)C(CC)C1. The Hall–Kier alpha value is -1.78. The molecular weight excluding hydrogens is 244 g/mol. The number of nitrogens with zero attached hydrogens (tertiary/aromatic N) is 2. The number of carbonyl (C=O) groups excluding carboxylic acids is 1. The van der Waals surface area contributed by atoms with Gasteiger partial charge in [0.1, 0.15) is 5.76 Å². The van der Waals surface area contributed by atoms with Crippen molar-refractivity contribution in [3.63, 3.8) is 0 Å². The lowest BCUT2D eigenvalue weighted by atomic mass is 9.93. The van der Waals surface area contributed by atoms with Crippen molar-refractivity contribution in [2.45, 2.75) is 33.1 Å². The van der Waals surface area contributed by atoms with Crippen LogP contribution in [0.15, 0.2) is 21.9 Å². The van der Waals surface area contributed by atoms with E-state index in [4.69, 9.17) is 9.62 Å². The van der Waals surface area contributed by atoms with Crippen molar-refractivity contribution in [2.24, 2.45) is 11.1 Å². The highest BCUT2D eigenvalue weighted by atomic mass is 16.4. The second-order valence-corrected chi connectivity index (χ2v) is 4.81. The molecule has 1 unspecified atom stereocenters. The number of amides is 1. The van der Waals surface area contributed by atoms with Gasteiger partial charge in [0, 0.05) is 31.8 Å². The maximum Gasteiger partial charge on any atom is 0.257 e. The van der Waals surface area contributed by atoms with Crippen molar-refractivity contribution in [3.05, 3.63) is 23.7 Å². The van der Waals surface area contributed by atoms with Crippen LogP contribution in [-0.2, 0) is 6.42 Å². The van der Waals surface area contributed by atoms with E-state index in [1.54, 1.807) is 12.3 Å².